The van der Waals surface area contributed by atoms with Crippen molar-refractivity contribution in [2.24, 2.45) is 0 Å². The highest BCUT2D eigenvalue weighted by molar-refractivity contribution is 8.20. The number of benzene rings is 2. The second kappa shape index (κ2) is 6.89. The van der Waals surface area contributed by atoms with Crippen molar-refractivity contribution < 1.29 is 14.3 Å². The van der Waals surface area contributed by atoms with E-state index in [0.29, 0.717) is 12.2 Å². The Kier molecular flexibility index (Phi) is 5.25. The number of hydrogen-bond acceptors (Lipinski definition) is 5. The maximum absolute atomic E-state index is 12.9. The Balaban J connectivity index is 2.37. The molecule has 3 nitrogen and oxygen atoms in total. The van der Waals surface area contributed by atoms with Crippen LogP contribution in [0.15, 0.2) is 36.4 Å². The Morgan fingerprint density at radius 3 is 2.19 bits per heavy atom. The van der Waals surface area contributed by atoms with Gasteiger partial charge in [-0.15, -0.1) is 23.5 Å². The highest BCUT2D eigenvalue weighted by Gasteiger charge is 2.66. The van der Waals surface area contributed by atoms with Gasteiger partial charge < -0.3 is 9.47 Å². The van der Waals surface area contributed by atoms with Gasteiger partial charge in [-0.05, 0) is 42.3 Å². The van der Waals surface area contributed by atoms with Gasteiger partial charge in [0.25, 0.3) is 5.79 Å². The smallest absolute Gasteiger partial charge is 0.341 e. The van der Waals surface area contributed by atoms with Crippen LogP contribution in [0.2, 0.25) is 19.6 Å². The zero-order valence-corrected chi connectivity index (χ0v) is 18.8. The van der Waals surface area contributed by atoms with E-state index >= 15 is 0 Å². The average Bonchev–Trinajstić information content (AvgIpc) is 2.86. The molecule has 2 aromatic carbocycles. The minimum absolute atomic E-state index is 0.287. The van der Waals surface area contributed by atoms with Crippen LogP contribution in [0, 0.1) is 0 Å². The van der Waals surface area contributed by atoms with Crippen LogP contribution in [0.25, 0.3) is 10.8 Å². The average molecular weight is 407 g/mol. The lowest BCUT2D eigenvalue weighted by Crippen LogP contribution is -2.62. The molecule has 1 heterocycles. The van der Waals surface area contributed by atoms with Crippen LogP contribution < -0.4 is 0 Å². The molecule has 1 aliphatic rings. The largest absolute Gasteiger partial charge is 0.423 e. The first kappa shape index (κ1) is 19.8. The van der Waals surface area contributed by atoms with E-state index in [1.54, 1.807) is 23.5 Å². The third kappa shape index (κ3) is 2.65. The third-order valence-corrected chi connectivity index (χ3v) is 14.9. The van der Waals surface area contributed by atoms with E-state index in [-0.39, 0.29) is 9.67 Å². The summed E-state index contributed by atoms with van der Waals surface area (Å²) >= 11 is 3.51. The molecule has 3 rings (SSSR count). The number of rotatable bonds is 6. The summed E-state index contributed by atoms with van der Waals surface area (Å²) in [5.74, 6) is -1.36. The first-order valence-electron chi connectivity index (χ1n) is 8.77. The van der Waals surface area contributed by atoms with Gasteiger partial charge >= 0.3 is 5.97 Å². The Morgan fingerprint density at radius 2 is 1.69 bits per heavy atom. The van der Waals surface area contributed by atoms with Gasteiger partial charge in [-0.25, -0.2) is 4.79 Å². The molecular formula is C20H26O3S2Si. The Hall–Kier alpha value is -0.953. The summed E-state index contributed by atoms with van der Waals surface area (Å²) in [5.41, 5.74) is 1.50. The summed E-state index contributed by atoms with van der Waals surface area (Å²) in [6, 6.07) is 12.1. The van der Waals surface area contributed by atoms with E-state index < -0.39 is 13.9 Å². The van der Waals surface area contributed by atoms with E-state index in [1.807, 2.05) is 31.2 Å². The molecule has 0 fully saturated rings. The minimum atomic E-state index is -1.85. The number of thioether (sulfide) groups is 2. The Bertz CT molecular complexity index is 843. The summed E-state index contributed by atoms with van der Waals surface area (Å²) in [5, 5.41) is 2.14. The lowest BCUT2D eigenvalue weighted by molar-refractivity contribution is -0.197. The molecule has 0 bridgehead atoms. The fourth-order valence-corrected chi connectivity index (χ4v) is 11.8. The van der Waals surface area contributed by atoms with Crippen molar-refractivity contribution in [3.63, 3.8) is 0 Å². The summed E-state index contributed by atoms with van der Waals surface area (Å²) in [4.78, 5) is 12.9. The predicted molar refractivity (Wildman–Crippen MR) is 116 cm³/mol. The highest BCUT2D eigenvalue weighted by Crippen LogP contribution is 2.59. The van der Waals surface area contributed by atoms with Crippen LogP contribution in [-0.2, 0) is 15.3 Å². The van der Waals surface area contributed by atoms with Crippen molar-refractivity contribution in [1.29, 1.82) is 0 Å². The van der Waals surface area contributed by atoms with E-state index in [2.05, 4.69) is 44.3 Å². The fourth-order valence-electron chi connectivity index (χ4n) is 4.03. The van der Waals surface area contributed by atoms with Gasteiger partial charge in [-0.3, -0.25) is 0 Å². The standard InChI is InChI=1S/C20H26O3S2Si/c1-7-22-19(20(24-2,25-3)26(4,5)6)17-13-15-11-9-8-10-14(15)12-16(17)18(21)23-19/h8-13H,7H2,1-6H3. The molecule has 0 amide bonds. The lowest BCUT2D eigenvalue weighted by Gasteiger charge is -2.51. The van der Waals surface area contributed by atoms with Crippen LogP contribution >= 0.6 is 23.5 Å². The number of hydrogen-bond donors (Lipinski definition) is 0. The first-order chi connectivity index (χ1) is 12.3. The number of carbonyl (C=O) groups excluding carboxylic acids is 1. The molecule has 140 valence electrons. The van der Waals surface area contributed by atoms with Crippen molar-refractivity contribution in [2.45, 2.75) is 36.1 Å². The van der Waals surface area contributed by atoms with Crippen LogP contribution in [-0.4, -0.2) is 36.9 Å². The van der Waals surface area contributed by atoms with Gasteiger partial charge in [-0.2, -0.15) is 0 Å². The molecule has 0 saturated carbocycles. The first-order valence-corrected chi connectivity index (χ1v) is 14.7. The SMILES string of the molecule is CCOC1(C(SC)(SC)[Si](C)(C)C)OC(=O)c2cc3ccccc3cc21. The van der Waals surface area contributed by atoms with Crippen LogP contribution in [0.5, 0.6) is 0 Å². The zero-order valence-electron chi connectivity index (χ0n) is 16.2. The molecular weight excluding hydrogens is 380 g/mol. The second-order valence-corrected chi connectivity index (χ2v) is 15.7. The van der Waals surface area contributed by atoms with Crippen LogP contribution in [0.3, 0.4) is 0 Å². The fraction of sp³-hybridized carbons (Fsp3) is 0.450. The molecule has 0 aliphatic carbocycles. The van der Waals surface area contributed by atoms with Crippen molar-refractivity contribution in [2.75, 3.05) is 19.1 Å². The molecule has 0 aromatic heterocycles. The molecule has 0 radical (unpaired) electrons. The molecule has 26 heavy (non-hydrogen) atoms. The zero-order chi connectivity index (χ0) is 19.2. The summed E-state index contributed by atoms with van der Waals surface area (Å²) < 4.78 is 12.1. The number of cyclic esters (lactones) is 1. The monoisotopic (exact) mass is 406 g/mol. The molecule has 2 aromatic rings. The summed E-state index contributed by atoms with van der Waals surface area (Å²) in [6.45, 7) is 9.38. The number of carbonyl (C=O) groups is 1. The van der Waals surface area contributed by atoms with Gasteiger partial charge in [0, 0.05) is 12.2 Å². The molecule has 1 atom stereocenters. The molecule has 1 aliphatic heterocycles. The topological polar surface area (TPSA) is 35.5 Å². The predicted octanol–water partition coefficient (Wildman–Crippen LogP) is 5.50. The van der Waals surface area contributed by atoms with Crippen molar-refractivity contribution >= 4 is 48.3 Å². The van der Waals surface area contributed by atoms with E-state index in [4.69, 9.17) is 9.47 Å². The third-order valence-electron chi connectivity index (χ3n) is 5.04. The number of ether oxygens (including phenoxy) is 2. The number of fused-ring (bicyclic) bond motifs is 2. The second-order valence-electron chi connectivity index (χ2n) is 7.46. The number of esters is 1. The van der Waals surface area contributed by atoms with Gasteiger partial charge in [0.15, 0.2) is 0 Å². The van der Waals surface area contributed by atoms with Gasteiger partial charge in [-0.1, -0.05) is 43.9 Å². The lowest BCUT2D eigenvalue weighted by atomic mass is 9.97. The normalized spacial score (nSPS) is 20.3. The minimum Gasteiger partial charge on any atom is -0.423 e. The van der Waals surface area contributed by atoms with Gasteiger partial charge in [0.2, 0.25) is 0 Å². The summed E-state index contributed by atoms with van der Waals surface area (Å²) in [6.07, 6.45) is 4.20. The maximum atomic E-state index is 12.9. The molecule has 0 spiro atoms. The van der Waals surface area contributed by atoms with Crippen molar-refractivity contribution in [3.05, 3.63) is 47.5 Å². The Morgan fingerprint density at radius 1 is 1.12 bits per heavy atom. The maximum Gasteiger partial charge on any atom is 0.341 e. The highest BCUT2D eigenvalue weighted by atomic mass is 32.2. The Labute approximate surface area is 165 Å². The quantitative estimate of drug-likeness (QED) is 0.360. The molecule has 6 heteroatoms. The molecule has 0 N–H and O–H groups in total. The van der Waals surface area contributed by atoms with Gasteiger partial charge in [0.05, 0.1) is 13.6 Å². The van der Waals surface area contributed by atoms with E-state index in [0.717, 1.165) is 16.3 Å². The van der Waals surface area contributed by atoms with Crippen molar-refractivity contribution in [1.82, 2.24) is 0 Å². The van der Waals surface area contributed by atoms with Gasteiger partial charge in [0.1, 0.15) is 3.70 Å². The van der Waals surface area contributed by atoms with Crippen LogP contribution in [0.4, 0.5) is 0 Å². The van der Waals surface area contributed by atoms with E-state index in [9.17, 15) is 4.79 Å². The molecule has 0 saturated heterocycles. The van der Waals surface area contributed by atoms with Crippen molar-refractivity contribution in [3.8, 4) is 0 Å². The molecule has 1 unspecified atom stereocenters. The summed E-state index contributed by atoms with van der Waals surface area (Å²) in [7, 11) is -1.85. The van der Waals surface area contributed by atoms with Crippen LogP contribution in [0.1, 0.15) is 22.8 Å². The van der Waals surface area contributed by atoms with E-state index in [1.165, 1.54) is 0 Å².